The minimum atomic E-state index is -0.871. The van der Waals surface area contributed by atoms with Crippen molar-refractivity contribution in [3.8, 4) is 0 Å². The normalized spacial score (nSPS) is 21.6. The molecule has 0 spiro atoms. The summed E-state index contributed by atoms with van der Waals surface area (Å²) in [5.74, 6) is -0.416. The molecule has 1 N–H and O–H groups in total. The van der Waals surface area contributed by atoms with Gasteiger partial charge in [-0.25, -0.2) is 0 Å². The maximum Gasteiger partial charge on any atom is 0.230 e. The van der Waals surface area contributed by atoms with Gasteiger partial charge in [0.15, 0.2) is 0 Å². The lowest BCUT2D eigenvalue weighted by molar-refractivity contribution is -0.117. The second-order valence-corrected chi connectivity index (χ2v) is 6.42. The molecule has 1 aromatic carbocycles. The summed E-state index contributed by atoms with van der Waals surface area (Å²) < 4.78 is 0.0523. The number of benzene rings is 1. The van der Waals surface area contributed by atoms with E-state index >= 15 is 0 Å². The van der Waals surface area contributed by atoms with Gasteiger partial charge in [0.25, 0.3) is 0 Å². The van der Waals surface area contributed by atoms with Crippen molar-refractivity contribution in [1.29, 1.82) is 0 Å². The zero-order chi connectivity index (χ0) is 11.9. The fraction of sp³-hybridized carbons (Fsp3) is 0.364. The summed E-state index contributed by atoms with van der Waals surface area (Å²) in [6.45, 7) is 1.93. The number of aryl methyl sites for hydroxylation is 1. The summed E-state index contributed by atoms with van der Waals surface area (Å²) in [6, 6.07) is 5.72. The molecule has 1 atom stereocenters. The van der Waals surface area contributed by atoms with E-state index in [0.717, 1.165) is 15.7 Å². The maximum absolute atomic E-state index is 11.8. The monoisotopic (exact) mass is 321 g/mol. The summed E-state index contributed by atoms with van der Waals surface area (Å²) in [4.78, 5) is 11.8. The van der Waals surface area contributed by atoms with Crippen molar-refractivity contribution >= 4 is 50.7 Å². The summed E-state index contributed by atoms with van der Waals surface area (Å²) in [6.07, 6.45) is 0.523. The molecule has 1 aliphatic rings. The summed E-state index contributed by atoms with van der Waals surface area (Å²) in [5, 5.41) is 2.83. The van der Waals surface area contributed by atoms with Crippen molar-refractivity contribution in [3.63, 3.8) is 0 Å². The number of carbonyl (C=O) groups excluding carboxylic acids is 1. The summed E-state index contributed by atoms with van der Waals surface area (Å²) >= 11 is 15.0. The molecule has 0 bridgehead atoms. The second kappa shape index (κ2) is 4.21. The maximum atomic E-state index is 11.8. The number of anilines is 1. The van der Waals surface area contributed by atoms with Crippen molar-refractivity contribution in [2.45, 2.75) is 17.7 Å². The van der Waals surface area contributed by atoms with Crippen LogP contribution in [0.5, 0.6) is 0 Å². The highest BCUT2D eigenvalue weighted by Crippen LogP contribution is 2.53. The lowest BCUT2D eigenvalue weighted by Gasteiger charge is -2.08. The Morgan fingerprint density at radius 3 is 2.75 bits per heavy atom. The summed E-state index contributed by atoms with van der Waals surface area (Å²) in [7, 11) is 0. The van der Waals surface area contributed by atoms with Crippen LogP contribution in [0.25, 0.3) is 0 Å². The third kappa shape index (κ3) is 2.53. The molecule has 1 fully saturated rings. The quantitative estimate of drug-likeness (QED) is 0.822. The van der Waals surface area contributed by atoms with Crippen molar-refractivity contribution in [2.75, 3.05) is 5.32 Å². The Kier molecular flexibility index (Phi) is 3.21. The first-order valence-corrected chi connectivity index (χ1v) is 6.40. The molecule has 1 saturated carbocycles. The van der Waals surface area contributed by atoms with Gasteiger partial charge in [-0.3, -0.25) is 4.79 Å². The van der Waals surface area contributed by atoms with E-state index in [-0.39, 0.29) is 11.8 Å². The van der Waals surface area contributed by atoms with Crippen molar-refractivity contribution < 1.29 is 4.79 Å². The van der Waals surface area contributed by atoms with E-state index in [9.17, 15) is 4.79 Å². The predicted molar refractivity (Wildman–Crippen MR) is 70.1 cm³/mol. The van der Waals surface area contributed by atoms with Crippen LogP contribution in [-0.2, 0) is 4.79 Å². The molecule has 1 aromatic rings. The van der Waals surface area contributed by atoms with Crippen LogP contribution in [0.2, 0.25) is 0 Å². The molecule has 16 heavy (non-hydrogen) atoms. The van der Waals surface area contributed by atoms with Crippen LogP contribution in [0, 0.1) is 12.8 Å². The number of hydrogen-bond donors (Lipinski definition) is 1. The van der Waals surface area contributed by atoms with Crippen LogP contribution < -0.4 is 5.32 Å². The largest absolute Gasteiger partial charge is 0.325 e. The van der Waals surface area contributed by atoms with Crippen LogP contribution in [0.1, 0.15) is 12.0 Å². The van der Waals surface area contributed by atoms with Crippen molar-refractivity contribution in [1.82, 2.24) is 0 Å². The van der Waals surface area contributed by atoms with Gasteiger partial charge in [-0.05, 0) is 31.0 Å². The number of rotatable bonds is 2. The zero-order valence-electron chi connectivity index (χ0n) is 8.56. The number of amides is 1. The standard InChI is InChI=1S/C11H10BrCl2NO/c1-6-2-3-7(12)4-9(6)15-10(16)8-5-11(8,13)14/h2-4,8H,5H2,1H3,(H,15,16). The Balaban J connectivity index is 2.10. The minimum Gasteiger partial charge on any atom is -0.325 e. The smallest absolute Gasteiger partial charge is 0.230 e. The molecule has 0 aromatic heterocycles. The van der Waals surface area contributed by atoms with Crippen molar-refractivity contribution in [2.24, 2.45) is 5.92 Å². The Morgan fingerprint density at radius 2 is 2.19 bits per heavy atom. The first-order valence-electron chi connectivity index (χ1n) is 4.85. The van der Waals surface area contributed by atoms with Crippen LogP contribution in [0.3, 0.4) is 0 Å². The van der Waals surface area contributed by atoms with Gasteiger partial charge >= 0.3 is 0 Å². The third-order valence-electron chi connectivity index (χ3n) is 2.60. The Morgan fingerprint density at radius 1 is 1.56 bits per heavy atom. The Labute approximate surface area is 112 Å². The van der Waals surface area contributed by atoms with Crippen LogP contribution in [-0.4, -0.2) is 10.2 Å². The van der Waals surface area contributed by atoms with E-state index in [0.29, 0.717) is 6.42 Å². The number of halogens is 3. The Bertz CT molecular complexity index is 448. The topological polar surface area (TPSA) is 29.1 Å². The van der Waals surface area contributed by atoms with Gasteiger partial charge in [0.2, 0.25) is 5.91 Å². The molecule has 2 nitrogen and oxygen atoms in total. The fourth-order valence-electron chi connectivity index (χ4n) is 1.45. The molecule has 5 heteroatoms. The van der Waals surface area contributed by atoms with Gasteiger partial charge in [0.05, 0.1) is 5.92 Å². The number of alkyl halides is 2. The molecular formula is C11H10BrCl2NO. The molecule has 0 aliphatic heterocycles. The predicted octanol–water partition coefficient (Wildman–Crippen LogP) is 3.89. The second-order valence-electron chi connectivity index (χ2n) is 3.97. The van der Waals surface area contributed by atoms with Crippen molar-refractivity contribution in [3.05, 3.63) is 28.2 Å². The lowest BCUT2D eigenvalue weighted by atomic mass is 10.2. The SMILES string of the molecule is Cc1ccc(Br)cc1NC(=O)C1CC1(Cl)Cl. The molecular weight excluding hydrogens is 313 g/mol. The van der Waals surface area contributed by atoms with Crippen LogP contribution in [0.15, 0.2) is 22.7 Å². The highest BCUT2D eigenvalue weighted by molar-refractivity contribution is 9.10. The molecule has 1 aliphatic carbocycles. The zero-order valence-corrected chi connectivity index (χ0v) is 11.7. The van der Waals surface area contributed by atoms with Gasteiger partial charge in [-0.2, -0.15) is 0 Å². The van der Waals surface area contributed by atoms with E-state index in [1.54, 1.807) is 0 Å². The van der Waals surface area contributed by atoms with E-state index in [1.807, 2.05) is 25.1 Å². The van der Waals surface area contributed by atoms with E-state index in [4.69, 9.17) is 23.2 Å². The molecule has 86 valence electrons. The first kappa shape index (κ1) is 12.2. The highest BCUT2D eigenvalue weighted by Gasteiger charge is 2.56. The average Bonchev–Trinajstić information content (AvgIpc) is 2.82. The molecule has 2 rings (SSSR count). The summed E-state index contributed by atoms with van der Waals surface area (Å²) in [5.41, 5.74) is 1.79. The number of hydrogen-bond acceptors (Lipinski definition) is 1. The first-order chi connectivity index (χ1) is 7.40. The fourth-order valence-corrected chi connectivity index (χ4v) is 2.31. The van der Waals surface area contributed by atoms with Gasteiger partial charge < -0.3 is 5.32 Å². The number of carbonyl (C=O) groups is 1. The molecule has 1 unspecified atom stereocenters. The van der Waals surface area contributed by atoms with Crippen LogP contribution >= 0.6 is 39.1 Å². The Hall–Kier alpha value is -0.250. The van der Waals surface area contributed by atoms with E-state index in [1.165, 1.54) is 0 Å². The van der Waals surface area contributed by atoms with E-state index in [2.05, 4.69) is 21.2 Å². The van der Waals surface area contributed by atoms with E-state index < -0.39 is 4.33 Å². The number of nitrogens with one attached hydrogen (secondary N) is 1. The molecule has 0 saturated heterocycles. The lowest BCUT2D eigenvalue weighted by Crippen LogP contribution is -2.17. The highest BCUT2D eigenvalue weighted by atomic mass is 79.9. The van der Waals surface area contributed by atoms with Gasteiger partial charge in [0, 0.05) is 10.2 Å². The third-order valence-corrected chi connectivity index (χ3v) is 3.93. The molecule has 1 amide bonds. The van der Waals surface area contributed by atoms with Crippen LogP contribution in [0.4, 0.5) is 5.69 Å². The van der Waals surface area contributed by atoms with Gasteiger partial charge in [0.1, 0.15) is 4.33 Å². The average molecular weight is 323 g/mol. The van der Waals surface area contributed by atoms with Gasteiger partial charge in [-0.1, -0.05) is 22.0 Å². The van der Waals surface area contributed by atoms with Gasteiger partial charge in [-0.15, -0.1) is 23.2 Å². The molecule has 0 radical (unpaired) electrons. The molecule has 0 heterocycles. The minimum absolute atomic E-state index is 0.119.